The van der Waals surface area contributed by atoms with Gasteiger partial charge < -0.3 is 5.32 Å². The van der Waals surface area contributed by atoms with Crippen LogP contribution >= 0.6 is 0 Å². The second-order valence-electron chi connectivity index (χ2n) is 4.92. The van der Waals surface area contributed by atoms with Gasteiger partial charge in [0.15, 0.2) is 0 Å². The van der Waals surface area contributed by atoms with E-state index in [2.05, 4.69) is 29.6 Å². The molecule has 2 aromatic rings. The van der Waals surface area contributed by atoms with E-state index in [1.807, 2.05) is 24.3 Å². The summed E-state index contributed by atoms with van der Waals surface area (Å²) in [7, 11) is 0. The van der Waals surface area contributed by atoms with Gasteiger partial charge in [-0.2, -0.15) is 5.26 Å². The minimum atomic E-state index is 0.711. The lowest BCUT2D eigenvalue weighted by atomic mass is 9.96. The summed E-state index contributed by atoms with van der Waals surface area (Å²) in [6.45, 7) is 2.13. The van der Waals surface area contributed by atoms with Crippen LogP contribution in [0.25, 0.3) is 11.1 Å². The standard InChI is InChI=1S/C17H16N2/c18-12-13-1-3-14(4-2-13)16-6-5-15-7-9-19-10-8-17(15)11-16/h1-6,11,19H,7-10H2. The average Bonchev–Trinajstić information content (AvgIpc) is 2.72. The Bertz CT molecular complexity index is 621. The van der Waals surface area contributed by atoms with E-state index in [1.54, 1.807) is 0 Å². The third-order valence-electron chi connectivity index (χ3n) is 3.70. The summed E-state index contributed by atoms with van der Waals surface area (Å²) in [5.74, 6) is 0. The molecule has 0 amide bonds. The van der Waals surface area contributed by atoms with E-state index in [1.165, 1.54) is 22.3 Å². The maximum absolute atomic E-state index is 8.83. The highest BCUT2D eigenvalue weighted by atomic mass is 14.8. The van der Waals surface area contributed by atoms with Crippen molar-refractivity contribution in [1.82, 2.24) is 5.32 Å². The summed E-state index contributed by atoms with van der Waals surface area (Å²) < 4.78 is 0. The van der Waals surface area contributed by atoms with E-state index in [9.17, 15) is 0 Å². The summed E-state index contributed by atoms with van der Waals surface area (Å²) >= 11 is 0. The van der Waals surface area contributed by atoms with Gasteiger partial charge in [0.1, 0.15) is 0 Å². The van der Waals surface area contributed by atoms with E-state index < -0.39 is 0 Å². The van der Waals surface area contributed by atoms with E-state index in [4.69, 9.17) is 5.26 Å². The van der Waals surface area contributed by atoms with Gasteiger partial charge in [-0.05, 0) is 60.3 Å². The highest BCUT2D eigenvalue weighted by molar-refractivity contribution is 5.65. The number of benzene rings is 2. The summed E-state index contributed by atoms with van der Waals surface area (Å²) in [4.78, 5) is 0. The molecule has 0 saturated carbocycles. The molecule has 2 nitrogen and oxygen atoms in total. The van der Waals surface area contributed by atoms with Gasteiger partial charge in [0.05, 0.1) is 11.6 Å². The quantitative estimate of drug-likeness (QED) is 0.842. The monoisotopic (exact) mass is 248 g/mol. The minimum Gasteiger partial charge on any atom is -0.316 e. The molecule has 1 heterocycles. The zero-order valence-electron chi connectivity index (χ0n) is 10.8. The Morgan fingerprint density at radius 3 is 2.26 bits per heavy atom. The lowest BCUT2D eigenvalue weighted by molar-refractivity contribution is 0.711. The summed E-state index contributed by atoms with van der Waals surface area (Å²) in [5.41, 5.74) is 6.04. The molecule has 0 aromatic heterocycles. The first-order valence-electron chi connectivity index (χ1n) is 6.70. The van der Waals surface area contributed by atoms with Crippen molar-refractivity contribution in [3.8, 4) is 17.2 Å². The fourth-order valence-electron chi connectivity index (χ4n) is 2.59. The SMILES string of the molecule is N#Cc1ccc(-c2ccc3c(c2)CCNCC3)cc1. The molecule has 0 unspecified atom stereocenters. The molecular weight excluding hydrogens is 232 g/mol. The molecule has 0 atom stereocenters. The van der Waals surface area contributed by atoms with Crippen LogP contribution in [-0.2, 0) is 12.8 Å². The molecule has 2 heteroatoms. The number of hydrogen-bond acceptors (Lipinski definition) is 2. The molecule has 1 aliphatic heterocycles. The van der Waals surface area contributed by atoms with Crippen LogP contribution in [0.5, 0.6) is 0 Å². The Kier molecular flexibility index (Phi) is 3.31. The Morgan fingerprint density at radius 1 is 0.842 bits per heavy atom. The number of nitrogens with zero attached hydrogens (tertiary/aromatic N) is 1. The lowest BCUT2D eigenvalue weighted by Crippen LogP contribution is -2.16. The summed E-state index contributed by atoms with van der Waals surface area (Å²) in [6.07, 6.45) is 2.21. The molecular formula is C17H16N2. The fraction of sp³-hybridized carbons (Fsp3) is 0.235. The van der Waals surface area contributed by atoms with Gasteiger partial charge in [0.2, 0.25) is 0 Å². The molecule has 0 saturated heterocycles. The van der Waals surface area contributed by atoms with Gasteiger partial charge in [0, 0.05) is 0 Å². The van der Waals surface area contributed by atoms with Crippen molar-refractivity contribution >= 4 is 0 Å². The maximum Gasteiger partial charge on any atom is 0.0991 e. The second kappa shape index (κ2) is 5.26. The first-order chi connectivity index (χ1) is 9.36. The van der Waals surface area contributed by atoms with Crippen LogP contribution in [0.1, 0.15) is 16.7 Å². The van der Waals surface area contributed by atoms with E-state index in [0.29, 0.717) is 5.56 Å². The Morgan fingerprint density at radius 2 is 1.53 bits per heavy atom. The van der Waals surface area contributed by atoms with E-state index in [0.717, 1.165) is 25.9 Å². The van der Waals surface area contributed by atoms with Gasteiger partial charge in [-0.15, -0.1) is 0 Å². The van der Waals surface area contributed by atoms with Crippen LogP contribution in [-0.4, -0.2) is 13.1 Å². The number of hydrogen-bond donors (Lipinski definition) is 1. The summed E-state index contributed by atoms with van der Waals surface area (Å²) in [5, 5.41) is 12.3. The molecule has 0 radical (unpaired) electrons. The lowest BCUT2D eigenvalue weighted by Gasteiger charge is -2.08. The zero-order chi connectivity index (χ0) is 13.1. The molecule has 1 N–H and O–H groups in total. The topological polar surface area (TPSA) is 35.8 Å². The van der Waals surface area contributed by atoms with Gasteiger partial charge in [0.25, 0.3) is 0 Å². The Labute approximate surface area is 113 Å². The molecule has 0 spiro atoms. The maximum atomic E-state index is 8.83. The molecule has 1 aliphatic rings. The molecule has 3 rings (SSSR count). The molecule has 0 aliphatic carbocycles. The van der Waals surface area contributed by atoms with Crippen molar-refractivity contribution < 1.29 is 0 Å². The van der Waals surface area contributed by atoms with Crippen LogP contribution in [0.2, 0.25) is 0 Å². The van der Waals surface area contributed by atoms with Crippen molar-refractivity contribution in [3.63, 3.8) is 0 Å². The van der Waals surface area contributed by atoms with E-state index in [-0.39, 0.29) is 0 Å². The fourth-order valence-corrected chi connectivity index (χ4v) is 2.59. The Balaban J connectivity index is 1.96. The average molecular weight is 248 g/mol. The van der Waals surface area contributed by atoms with Crippen LogP contribution in [0.4, 0.5) is 0 Å². The second-order valence-corrected chi connectivity index (χ2v) is 4.92. The summed E-state index contributed by atoms with van der Waals surface area (Å²) in [6, 6.07) is 16.7. The number of nitrogens with one attached hydrogen (secondary N) is 1. The first-order valence-corrected chi connectivity index (χ1v) is 6.70. The van der Waals surface area contributed by atoms with Crippen molar-refractivity contribution in [2.24, 2.45) is 0 Å². The van der Waals surface area contributed by atoms with Crippen LogP contribution < -0.4 is 5.32 Å². The molecule has 94 valence electrons. The number of nitriles is 1. The highest BCUT2D eigenvalue weighted by Crippen LogP contribution is 2.24. The van der Waals surface area contributed by atoms with Crippen LogP contribution in [0.3, 0.4) is 0 Å². The van der Waals surface area contributed by atoms with Gasteiger partial charge >= 0.3 is 0 Å². The highest BCUT2D eigenvalue weighted by Gasteiger charge is 2.08. The van der Waals surface area contributed by atoms with Crippen molar-refractivity contribution in [3.05, 3.63) is 59.2 Å². The third-order valence-corrected chi connectivity index (χ3v) is 3.70. The van der Waals surface area contributed by atoms with Gasteiger partial charge in [-0.3, -0.25) is 0 Å². The van der Waals surface area contributed by atoms with E-state index >= 15 is 0 Å². The predicted molar refractivity (Wildman–Crippen MR) is 76.9 cm³/mol. The van der Waals surface area contributed by atoms with Crippen molar-refractivity contribution in [2.75, 3.05) is 13.1 Å². The third kappa shape index (κ3) is 2.52. The van der Waals surface area contributed by atoms with Crippen molar-refractivity contribution in [1.29, 1.82) is 5.26 Å². The van der Waals surface area contributed by atoms with Crippen LogP contribution in [0, 0.1) is 11.3 Å². The Hall–Kier alpha value is -2.11. The normalized spacial score (nSPS) is 14.3. The van der Waals surface area contributed by atoms with Gasteiger partial charge in [-0.25, -0.2) is 0 Å². The molecule has 0 bridgehead atoms. The number of fused-ring (bicyclic) bond motifs is 1. The smallest absolute Gasteiger partial charge is 0.0991 e. The number of rotatable bonds is 1. The minimum absolute atomic E-state index is 0.711. The predicted octanol–water partition coefficient (Wildman–Crippen LogP) is 2.91. The molecule has 0 fully saturated rings. The largest absolute Gasteiger partial charge is 0.316 e. The first kappa shape index (κ1) is 12.0. The van der Waals surface area contributed by atoms with Gasteiger partial charge in [-0.1, -0.05) is 30.3 Å². The van der Waals surface area contributed by atoms with Crippen LogP contribution in [0.15, 0.2) is 42.5 Å². The zero-order valence-corrected chi connectivity index (χ0v) is 10.8. The molecule has 19 heavy (non-hydrogen) atoms. The van der Waals surface area contributed by atoms with Crippen molar-refractivity contribution in [2.45, 2.75) is 12.8 Å². The molecule has 2 aromatic carbocycles.